The fraction of sp³-hybridized carbons (Fsp3) is 0.300. The molecular weight excluding hydrogens is 168 g/mol. The van der Waals surface area contributed by atoms with Crippen molar-refractivity contribution in [1.29, 1.82) is 0 Å². The molecular formula is C10H12O3. The fourth-order valence-corrected chi connectivity index (χ4v) is 1.31. The number of carbonyl (C=O) groups is 1. The predicted octanol–water partition coefficient (Wildman–Crippen LogP) is 2.01. The molecule has 3 heteroatoms. The zero-order valence-corrected chi connectivity index (χ0v) is 7.92. The number of aromatic carboxylic acids is 1. The molecule has 1 N–H and O–H groups in total. The Hall–Kier alpha value is -1.51. The van der Waals surface area contributed by atoms with Gasteiger partial charge in [-0.2, -0.15) is 0 Å². The summed E-state index contributed by atoms with van der Waals surface area (Å²) in [6.45, 7) is 3.58. The lowest BCUT2D eigenvalue weighted by Gasteiger charge is -2.10. The Morgan fingerprint density at radius 3 is 2.23 bits per heavy atom. The van der Waals surface area contributed by atoms with Crippen LogP contribution in [0.3, 0.4) is 0 Å². The standard InChI is InChI=1S/C10H12O3/c1-6-4-5-7(2)9(13-3)8(6)10(11)12/h4-5H,1-3H3,(H,11,12). The molecule has 0 fully saturated rings. The van der Waals surface area contributed by atoms with Gasteiger partial charge >= 0.3 is 5.97 Å². The van der Waals surface area contributed by atoms with E-state index in [0.29, 0.717) is 5.75 Å². The maximum atomic E-state index is 10.9. The monoisotopic (exact) mass is 180 g/mol. The van der Waals surface area contributed by atoms with Gasteiger partial charge in [-0.25, -0.2) is 4.79 Å². The van der Waals surface area contributed by atoms with Crippen molar-refractivity contribution >= 4 is 5.97 Å². The van der Waals surface area contributed by atoms with Crippen LogP contribution in [0.4, 0.5) is 0 Å². The molecule has 13 heavy (non-hydrogen) atoms. The molecule has 1 aromatic rings. The maximum absolute atomic E-state index is 10.9. The third-order valence-electron chi connectivity index (χ3n) is 1.98. The summed E-state index contributed by atoms with van der Waals surface area (Å²) in [7, 11) is 1.48. The third-order valence-corrected chi connectivity index (χ3v) is 1.98. The predicted molar refractivity (Wildman–Crippen MR) is 49.4 cm³/mol. The molecule has 1 aromatic carbocycles. The maximum Gasteiger partial charge on any atom is 0.339 e. The third kappa shape index (κ3) is 1.64. The van der Waals surface area contributed by atoms with E-state index in [9.17, 15) is 4.79 Å². The number of carboxylic acid groups (broad SMARTS) is 1. The van der Waals surface area contributed by atoms with Gasteiger partial charge in [0.15, 0.2) is 0 Å². The fourth-order valence-electron chi connectivity index (χ4n) is 1.31. The number of rotatable bonds is 2. The van der Waals surface area contributed by atoms with Gasteiger partial charge in [-0.3, -0.25) is 0 Å². The van der Waals surface area contributed by atoms with E-state index in [2.05, 4.69) is 0 Å². The highest BCUT2D eigenvalue weighted by atomic mass is 16.5. The van der Waals surface area contributed by atoms with Crippen LogP contribution in [0, 0.1) is 13.8 Å². The van der Waals surface area contributed by atoms with Gasteiger partial charge in [-0.05, 0) is 25.0 Å². The minimum atomic E-state index is -0.946. The van der Waals surface area contributed by atoms with Gasteiger partial charge in [-0.15, -0.1) is 0 Å². The van der Waals surface area contributed by atoms with E-state index in [1.165, 1.54) is 7.11 Å². The molecule has 0 radical (unpaired) electrons. The molecule has 0 unspecified atom stereocenters. The second-order valence-corrected chi connectivity index (χ2v) is 2.91. The first kappa shape index (κ1) is 9.58. The summed E-state index contributed by atoms with van der Waals surface area (Å²) < 4.78 is 5.04. The Morgan fingerprint density at radius 2 is 1.85 bits per heavy atom. The van der Waals surface area contributed by atoms with Crippen molar-refractivity contribution in [1.82, 2.24) is 0 Å². The summed E-state index contributed by atoms with van der Waals surface area (Å²) in [6.07, 6.45) is 0. The van der Waals surface area contributed by atoms with Crippen molar-refractivity contribution in [3.8, 4) is 5.75 Å². The minimum absolute atomic E-state index is 0.252. The number of carboxylic acids is 1. The van der Waals surface area contributed by atoms with Crippen LogP contribution in [0.1, 0.15) is 21.5 Å². The van der Waals surface area contributed by atoms with Crippen LogP contribution in [0.2, 0.25) is 0 Å². The van der Waals surface area contributed by atoms with Crippen molar-refractivity contribution in [2.75, 3.05) is 7.11 Å². The van der Waals surface area contributed by atoms with E-state index in [0.717, 1.165) is 11.1 Å². The molecule has 0 saturated carbocycles. The van der Waals surface area contributed by atoms with Crippen molar-refractivity contribution in [3.05, 3.63) is 28.8 Å². The van der Waals surface area contributed by atoms with Crippen LogP contribution in [0.5, 0.6) is 5.75 Å². The largest absolute Gasteiger partial charge is 0.496 e. The molecule has 0 heterocycles. The normalized spacial score (nSPS) is 9.77. The first-order valence-corrected chi connectivity index (χ1v) is 3.95. The second-order valence-electron chi connectivity index (χ2n) is 2.91. The Bertz CT molecular complexity index is 342. The van der Waals surface area contributed by atoms with Crippen LogP contribution >= 0.6 is 0 Å². The van der Waals surface area contributed by atoms with Crippen molar-refractivity contribution in [3.63, 3.8) is 0 Å². The summed E-state index contributed by atoms with van der Waals surface area (Å²) in [4.78, 5) is 10.9. The summed E-state index contributed by atoms with van der Waals surface area (Å²) in [5.41, 5.74) is 1.81. The second kappa shape index (κ2) is 3.47. The first-order chi connectivity index (χ1) is 6.07. The summed E-state index contributed by atoms with van der Waals surface area (Å²) in [5.74, 6) is -0.495. The topological polar surface area (TPSA) is 46.5 Å². The van der Waals surface area contributed by atoms with Gasteiger partial charge in [0, 0.05) is 0 Å². The number of ether oxygens (including phenoxy) is 1. The van der Waals surface area contributed by atoms with Gasteiger partial charge < -0.3 is 9.84 Å². The van der Waals surface area contributed by atoms with E-state index >= 15 is 0 Å². The Morgan fingerprint density at radius 1 is 1.31 bits per heavy atom. The van der Waals surface area contributed by atoms with Crippen LogP contribution in [0.15, 0.2) is 12.1 Å². The Kier molecular flexibility index (Phi) is 2.56. The number of aryl methyl sites for hydroxylation is 2. The minimum Gasteiger partial charge on any atom is -0.496 e. The number of hydrogen-bond acceptors (Lipinski definition) is 2. The number of hydrogen-bond donors (Lipinski definition) is 1. The van der Waals surface area contributed by atoms with Crippen LogP contribution in [-0.2, 0) is 0 Å². The first-order valence-electron chi connectivity index (χ1n) is 3.95. The van der Waals surface area contributed by atoms with Gasteiger partial charge in [0.25, 0.3) is 0 Å². The lowest BCUT2D eigenvalue weighted by atomic mass is 10.0. The molecule has 1 rings (SSSR count). The van der Waals surface area contributed by atoms with E-state index in [-0.39, 0.29) is 5.56 Å². The summed E-state index contributed by atoms with van der Waals surface area (Å²) >= 11 is 0. The molecule has 0 aliphatic rings. The summed E-state index contributed by atoms with van der Waals surface area (Å²) in [5, 5.41) is 8.92. The molecule has 3 nitrogen and oxygen atoms in total. The zero-order valence-electron chi connectivity index (χ0n) is 7.92. The molecule has 0 amide bonds. The van der Waals surface area contributed by atoms with Crippen molar-refractivity contribution < 1.29 is 14.6 Å². The van der Waals surface area contributed by atoms with Crippen LogP contribution in [0.25, 0.3) is 0 Å². The summed E-state index contributed by atoms with van der Waals surface area (Å²) in [6, 6.07) is 3.63. The van der Waals surface area contributed by atoms with E-state index in [1.807, 2.05) is 13.0 Å². The molecule has 0 saturated heterocycles. The van der Waals surface area contributed by atoms with Gasteiger partial charge in [0.2, 0.25) is 0 Å². The molecule has 0 aromatic heterocycles. The van der Waals surface area contributed by atoms with E-state index in [4.69, 9.17) is 9.84 Å². The highest BCUT2D eigenvalue weighted by molar-refractivity contribution is 5.93. The molecule has 0 aliphatic heterocycles. The average Bonchev–Trinajstić information content (AvgIpc) is 2.07. The highest BCUT2D eigenvalue weighted by Gasteiger charge is 2.15. The molecule has 0 spiro atoms. The number of methoxy groups -OCH3 is 1. The van der Waals surface area contributed by atoms with Gasteiger partial charge in [-0.1, -0.05) is 12.1 Å². The molecule has 0 aliphatic carbocycles. The number of benzene rings is 1. The average molecular weight is 180 g/mol. The van der Waals surface area contributed by atoms with Crippen molar-refractivity contribution in [2.24, 2.45) is 0 Å². The molecule has 0 bridgehead atoms. The Labute approximate surface area is 77.0 Å². The SMILES string of the molecule is COc1c(C)ccc(C)c1C(=O)O. The van der Waals surface area contributed by atoms with Gasteiger partial charge in [0.1, 0.15) is 11.3 Å². The lowest BCUT2D eigenvalue weighted by molar-refractivity contribution is 0.0692. The highest BCUT2D eigenvalue weighted by Crippen LogP contribution is 2.25. The van der Waals surface area contributed by atoms with Crippen LogP contribution in [-0.4, -0.2) is 18.2 Å². The smallest absolute Gasteiger partial charge is 0.339 e. The zero-order chi connectivity index (χ0) is 10.0. The van der Waals surface area contributed by atoms with Crippen LogP contribution < -0.4 is 4.74 Å². The van der Waals surface area contributed by atoms with Crippen molar-refractivity contribution in [2.45, 2.75) is 13.8 Å². The lowest BCUT2D eigenvalue weighted by Crippen LogP contribution is -2.04. The Balaban J connectivity index is 3.43. The van der Waals surface area contributed by atoms with E-state index < -0.39 is 5.97 Å². The molecule has 0 atom stereocenters. The molecule has 70 valence electrons. The quantitative estimate of drug-likeness (QED) is 0.757. The van der Waals surface area contributed by atoms with Gasteiger partial charge in [0.05, 0.1) is 7.11 Å². The van der Waals surface area contributed by atoms with E-state index in [1.54, 1.807) is 13.0 Å².